The van der Waals surface area contributed by atoms with Crippen molar-refractivity contribution in [2.75, 3.05) is 38.3 Å². The van der Waals surface area contributed by atoms with Crippen molar-refractivity contribution in [3.05, 3.63) is 77.7 Å². The number of benzene rings is 1. The van der Waals surface area contributed by atoms with Crippen molar-refractivity contribution in [2.24, 2.45) is 5.92 Å². The topological polar surface area (TPSA) is 126 Å². The normalized spacial score (nSPS) is 16.0. The number of pyridine rings is 1. The molecule has 1 fully saturated rings. The van der Waals surface area contributed by atoms with Gasteiger partial charge in [-0.1, -0.05) is 18.2 Å². The van der Waals surface area contributed by atoms with Crippen LogP contribution in [-0.4, -0.2) is 72.0 Å². The van der Waals surface area contributed by atoms with Crippen LogP contribution in [0.3, 0.4) is 0 Å². The number of anilines is 1. The molecular weight excluding hydrogens is 585 g/mol. The molecule has 1 saturated heterocycles. The number of nitrogens with zero attached hydrogens (tertiary/aromatic N) is 4. The molecule has 43 heavy (non-hydrogen) atoms. The fourth-order valence-electron chi connectivity index (χ4n) is 5.21. The summed E-state index contributed by atoms with van der Waals surface area (Å²) in [5, 5.41) is 7.50. The highest BCUT2D eigenvalue weighted by atomic mass is 32.2. The van der Waals surface area contributed by atoms with Gasteiger partial charge < -0.3 is 15.5 Å². The van der Waals surface area contributed by atoms with E-state index in [4.69, 9.17) is 0 Å². The second kappa shape index (κ2) is 13.6. The first-order valence-electron chi connectivity index (χ1n) is 14.3. The number of aromatic nitrogens is 3. The van der Waals surface area contributed by atoms with Gasteiger partial charge in [0.05, 0.1) is 24.1 Å². The van der Waals surface area contributed by atoms with Gasteiger partial charge in [0, 0.05) is 35.2 Å². The highest BCUT2D eigenvalue weighted by Gasteiger charge is 2.16. The molecule has 12 heteroatoms. The zero-order valence-corrected chi connectivity index (χ0v) is 26.0. The van der Waals surface area contributed by atoms with Crippen LogP contribution in [0, 0.1) is 5.92 Å². The summed E-state index contributed by atoms with van der Waals surface area (Å²) in [6.07, 6.45) is 11.4. The zero-order valence-electron chi connectivity index (χ0n) is 24.3. The van der Waals surface area contributed by atoms with E-state index in [0.29, 0.717) is 5.13 Å². The van der Waals surface area contributed by atoms with Crippen LogP contribution >= 0.6 is 11.3 Å². The van der Waals surface area contributed by atoms with Crippen molar-refractivity contribution < 1.29 is 18.0 Å². The van der Waals surface area contributed by atoms with Crippen LogP contribution in [0.15, 0.2) is 66.4 Å². The van der Waals surface area contributed by atoms with E-state index in [2.05, 4.69) is 50.7 Å². The Bertz CT molecular complexity index is 1700. The molecule has 4 aromatic rings. The predicted octanol–water partition coefficient (Wildman–Crippen LogP) is 4.51. The summed E-state index contributed by atoms with van der Waals surface area (Å²) in [6, 6.07) is 13.7. The Balaban J connectivity index is 1.17. The predicted molar refractivity (Wildman–Crippen MR) is 170 cm³/mol. The quantitative estimate of drug-likeness (QED) is 0.267. The van der Waals surface area contributed by atoms with E-state index in [-0.39, 0.29) is 12.1 Å². The maximum Gasteiger partial charge on any atom is 0.253 e. The minimum Gasteiger partial charge on any atom is -0.343 e. The summed E-state index contributed by atoms with van der Waals surface area (Å²) in [6.45, 7) is 2.08. The van der Waals surface area contributed by atoms with E-state index in [1.807, 2.05) is 29.8 Å². The number of carbonyl (C=O) groups excluding carboxylic acids is 2. The first kappa shape index (κ1) is 30.6. The number of aryl methyl sites for hydroxylation is 1. The van der Waals surface area contributed by atoms with E-state index in [9.17, 15) is 18.0 Å². The largest absolute Gasteiger partial charge is 0.343 e. The van der Waals surface area contributed by atoms with Gasteiger partial charge in [0.2, 0.25) is 15.9 Å². The molecule has 5 rings (SSSR count). The van der Waals surface area contributed by atoms with Crippen molar-refractivity contribution in [1.82, 2.24) is 24.2 Å². The lowest BCUT2D eigenvalue weighted by atomic mass is 9.94. The Hall–Kier alpha value is -3.87. The minimum atomic E-state index is -3.49. The van der Waals surface area contributed by atoms with Gasteiger partial charge in [-0.3, -0.25) is 18.5 Å². The number of amides is 2. The van der Waals surface area contributed by atoms with E-state index in [1.54, 1.807) is 0 Å². The van der Waals surface area contributed by atoms with Crippen molar-refractivity contribution in [3.8, 4) is 22.4 Å². The molecule has 1 aromatic carbocycles. The first-order valence-corrected chi connectivity index (χ1v) is 17.0. The number of hydrogen-bond donors (Lipinski definition) is 2. The summed E-state index contributed by atoms with van der Waals surface area (Å²) in [7, 11) is -1.28. The van der Waals surface area contributed by atoms with Gasteiger partial charge in [0.1, 0.15) is 0 Å². The van der Waals surface area contributed by atoms with Crippen LogP contribution in [0.4, 0.5) is 5.13 Å². The van der Waals surface area contributed by atoms with Gasteiger partial charge in [-0.2, -0.15) is 0 Å². The summed E-state index contributed by atoms with van der Waals surface area (Å²) in [4.78, 5) is 36.4. The van der Waals surface area contributed by atoms with Crippen LogP contribution in [0.25, 0.3) is 22.4 Å². The Morgan fingerprint density at radius 3 is 2.70 bits per heavy atom. The van der Waals surface area contributed by atoms with Crippen LogP contribution < -0.4 is 10.6 Å². The highest BCUT2D eigenvalue weighted by Crippen LogP contribution is 2.29. The minimum absolute atomic E-state index is 0.142. The molecule has 226 valence electrons. The lowest BCUT2D eigenvalue weighted by molar-refractivity contribution is -0.115. The smallest absolute Gasteiger partial charge is 0.253 e. The van der Waals surface area contributed by atoms with Gasteiger partial charge in [-0.15, -0.1) is 11.3 Å². The van der Waals surface area contributed by atoms with Crippen LogP contribution in [-0.2, 0) is 21.2 Å². The maximum absolute atomic E-state index is 12.4. The third-order valence-corrected chi connectivity index (χ3v) is 9.41. The van der Waals surface area contributed by atoms with Crippen LogP contribution in [0.1, 0.15) is 41.7 Å². The fraction of sp³-hybridized carbons (Fsp3) is 0.355. The Morgan fingerprint density at radius 1 is 1.07 bits per heavy atom. The standard InChI is InChI=1S/C31H36N6O4S2/c1-36-14-4-5-22(11-15-36)8-9-27-18-24(10-13-32-27)23-6-3-7-25(17-23)28-21-42-31(34-28)35-29(38)19-33-30(39)26-12-16-37(20-26)43(2,40)41/h3,6-7,10,12-13,16-18,20-22H,4-5,8-9,11,14-15,19H2,1-2H3,(H,33,39)(H,34,35,38). The van der Waals surface area contributed by atoms with E-state index < -0.39 is 21.8 Å². The van der Waals surface area contributed by atoms with E-state index >= 15 is 0 Å². The molecule has 1 aliphatic rings. The Morgan fingerprint density at radius 2 is 1.88 bits per heavy atom. The average Bonchev–Trinajstić information content (AvgIpc) is 3.63. The number of carbonyl (C=O) groups is 2. The zero-order chi connectivity index (χ0) is 30.4. The van der Waals surface area contributed by atoms with Gasteiger partial charge in [0.15, 0.2) is 5.13 Å². The summed E-state index contributed by atoms with van der Waals surface area (Å²) >= 11 is 1.30. The lowest BCUT2D eigenvalue weighted by Crippen LogP contribution is -2.32. The molecule has 2 N–H and O–H groups in total. The van der Waals surface area contributed by atoms with E-state index in [1.165, 1.54) is 62.1 Å². The van der Waals surface area contributed by atoms with Gasteiger partial charge in [0.25, 0.3) is 5.91 Å². The summed E-state index contributed by atoms with van der Waals surface area (Å²) in [5.41, 5.74) is 5.10. The van der Waals surface area contributed by atoms with Crippen molar-refractivity contribution in [3.63, 3.8) is 0 Å². The molecule has 3 aromatic heterocycles. The molecule has 4 heterocycles. The van der Waals surface area contributed by atoms with Crippen molar-refractivity contribution >= 4 is 38.3 Å². The molecule has 1 aliphatic heterocycles. The van der Waals surface area contributed by atoms with Crippen molar-refractivity contribution in [2.45, 2.75) is 32.1 Å². The third-order valence-electron chi connectivity index (χ3n) is 7.66. The Labute approximate surface area is 256 Å². The molecule has 0 radical (unpaired) electrons. The molecule has 10 nitrogen and oxygen atoms in total. The highest BCUT2D eigenvalue weighted by molar-refractivity contribution is 7.89. The van der Waals surface area contributed by atoms with Gasteiger partial charge >= 0.3 is 0 Å². The molecular formula is C31H36N6O4S2. The molecule has 1 atom stereocenters. The second-order valence-electron chi connectivity index (χ2n) is 11.0. The number of nitrogens with one attached hydrogen (secondary N) is 2. The second-order valence-corrected chi connectivity index (χ2v) is 13.8. The summed E-state index contributed by atoms with van der Waals surface area (Å²) in [5.74, 6) is -0.236. The van der Waals surface area contributed by atoms with Gasteiger partial charge in [-0.05, 0) is 93.6 Å². The SMILES string of the molecule is CN1CCCC(CCc2cc(-c3cccc(-c4csc(NC(=O)CNC(=O)c5ccn(S(C)(=O)=O)c5)n4)c3)ccn2)CC1. The average molecular weight is 621 g/mol. The molecule has 0 bridgehead atoms. The number of rotatable bonds is 10. The molecule has 1 unspecified atom stereocenters. The maximum atomic E-state index is 12.4. The molecule has 0 aliphatic carbocycles. The number of thiazole rings is 1. The Kier molecular flexibility index (Phi) is 9.69. The van der Waals surface area contributed by atoms with Crippen LogP contribution in [0.5, 0.6) is 0 Å². The number of likely N-dealkylation sites (tertiary alicyclic amines) is 1. The number of hydrogen-bond acceptors (Lipinski definition) is 8. The van der Waals surface area contributed by atoms with Crippen molar-refractivity contribution in [1.29, 1.82) is 0 Å². The first-order chi connectivity index (χ1) is 20.6. The molecule has 2 amide bonds. The monoisotopic (exact) mass is 620 g/mol. The summed E-state index contributed by atoms with van der Waals surface area (Å²) < 4.78 is 24.1. The van der Waals surface area contributed by atoms with Crippen LogP contribution in [0.2, 0.25) is 0 Å². The lowest BCUT2D eigenvalue weighted by Gasteiger charge is -2.15. The molecule has 0 saturated carbocycles. The molecule has 0 spiro atoms. The fourth-order valence-corrected chi connectivity index (χ4v) is 6.53. The van der Waals surface area contributed by atoms with Gasteiger partial charge in [-0.25, -0.2) is 13.4 Å². The third kappa shape index (κ3) is 8.37. The van der Waals surface area contributed by atoms with E-state index in [0.717, 1.165) is 57.1 Å².